The van der Waals surface area contributed by atoms with E-state index in [0.29, 0.717) is 5.56 Å². The van der Waals surface area contributed by atoms with Gasteiger partial charge >= 0.3 is 5.97 Å². The van der Waals surface area contributed by atoms with E-state index in [1.54, 1.807) is 6.07 Å². The first kappa shape index (κ1) is 13.7. The normalized spacial score (nSPS) is 11.0. The molecule has 102 valence electrons. The zero-order valence-corrected chi connectivity index (χ0v) is 11.4. The van der Waals surface area contributed by atoms with Gasteiger partial charge in [-0.25, -0.2) is 4.79 Å². The highest BCUT2D eigenvalue weighted by atomic mass is 16.4. The van der Waals surface area contributed by atoms with Gasteiger partial charge in [-0.3, -0.25) is 0 Å². The Labute approximate surface area is 113 Å². The molecule has 0 fully saturated rings. The van der Waals surface area contributed by atoms with Crippen LogP contribution in [0.25, 0.3) is 10.9 Å². The van der Waals surface area contributed by atoms with E-state index in [9.17, 15) is 4.79 Å². The first-order valence-corrected chi connectivity index (χ1v) is 7.05. The predicted octanol–water partition coefficient (Wildman–Crippen LogP) is 4.31. The number of hydrogen-bond acceptors (Lipinski definition) is 1. The second kappa shape index (κ2) is 6.41. The van der Waals surface area contributed by atoms with Gasteiger partial charge in [-0.15, -0.1) is 0 Å². The van der Waals surface area contributed by atoms with E-state index in [-0.39, 0.29) is 0 Å². The zero-order valence-electron chi connectivity index (χ0n) is 11.4. The lowest BCUT2D eigenvalue weighted by Gasteiger charge is -2.06. The van der Waals surface area contributed by atoms with Gasteiger partial charge in [0.05, 0.1) is 5.56 Å². The molecule has 0 aliphatic carbocycles. The average molecular weight is 259 g/mol. The lowest BCUT2D eigenvalue weighted by molar-refractivity contribution is 0.0699. The molecule has 0 aliphatic rings. The third kappa shape index (κ3) is 3.16. The van der Waals surface area contributed by atoms with Crippen molar-refractivity contribution in [1.82, 2.24) is 4.57 Å². The Kier molecular flexibility index (Phi) is 4.61. The maximum absolute atomic E-state index is 11.1. The standard InChI is InChI=1S/C16H21NO2/c1-2-3-4-5-6-11-17-12-10-13-14(16(18)19)8-7-9-15(13)17/h7-10,12H,2-6,11H2,1H3,(H,18,19). The highest BCUT2D eigenvalue weighted by Gasteiger charge is 2.10. The molecular formula is C16H21NO2. The largest absolute Gasteiger partial charge is 0.478 e. The minimum absolute atomic E-state index is 0.391. The highest BCUT2D eigenvalue weighted by Crippen LogP contribution is 2.21. The van der Waals surface area contributed by atoms with Gasteiger partial charge in [0.15, 0.2) is 0 Å². The van der Waals surface area contributed by atoms with Crippen molar-refractivity contribution in [3.63, 3.8) is 0 Å². The maximum atomic E-state index is 11.1. The molecule has 2 rings (SSSR count). The molecular weight excluding hydrogens is 238 g/mol. The van der Waals surface area contributed by atoms with Gasteiger partial charge in [0.2, 0.25) is 0 Å². The van der Waals surface area contributed by atoms with Crippen LogP contribution in [0.4, 0.5) is 0 Å². The Morgan fingerprint density at radius 1 is 1.16 bits per heavy atom. The summed E-state index contributed by atoms with van der Waals surface area (Å²) in [5.74, 6) is -0.855. The summed E-state index contributed by atoms with van der Waals surface area (Å²) in [7, 11) is 0. The number of benzene rings is 1. The molecule has 0 bridgehead atoms. The molecule has 0 amide bonds. The monoisotopic (exact) mass is 259 g/mol. The molecule has 1 aromatic carbocycles. The number of unbranched alkanes of at least 4 members (excludes halogenated alkanes) is 4. The Hall–Kier alpha value is -1.77. The fourth-order valence-corrected chi connectivity index (χ4v) is 2.49. The van der Waals surface area contributed by atoms with Crippen molar-refractivity contribution in [2.75, 3.05) is 0 Å². The zero-order chi connectivity index (χ0) is 13.7. The second-order valence-electron chi connectivity index (χ2n) is 4.97. The number of carboxylic acids is 1. The average Bonchev–Trinajstić information content (AvgIpc) is 2.81. The van der Waals surface area contributed by atoms with Crippen LogP contribution in [0.5, 0.6) is 0 Å². The molecule has 0 unspecified atom stereocenters. The summed E-state index contributed by atoms with van der Waals surface area (Å²) in [4.78, 5) is 11.1. The number of nitrogens with zero attached hydrogens (tertiary/aromatic N) is 1. The van der Waals surface area contributed by atoms with Crippen molar-refractivity contribution in [3.05, 3.63) is 36.0 Å². The maximum Gasteiger partial charge on any atom is 0.336 e. The molecule has 1 heterocycles. The van der Waals surface area contributed by atoms with Crippen molar-refractivity contribution < 1.29 is 9.90 Å². The van der Waals surface area contributed by atoms with E-state index in [1.165, 1.54) is 25.7 Å². The van der Waals surface area contributed by atoms with Crippen LogP contribution in [-0.4, -0.2) is 15.6 Å². The number of fused-ring (bicyclic) bond motifs is 1. The quantitative estimate of drug-likeness (QED) is 0.753. The minimum atomic E-state index is -0.855. The van der Waals surface area contributed by atoms with Gasteiger partial charge in [-0.05, 0) is 24.6 Å². The van der Waals surface area contributed by atoms with Crippen molar-refractivity contribution >= 4 is 16.9 Å². The van der Waals surface area contributed by atoms with Crippen molar-refractivity contribution in [2.24, 2.45) is 0 Å². The summed E-state index contributed by atoms with van der Waals surface area (Å²) in [6, 6.07) is 7.38. The highest BCUT2D eigenvalue weighted by molar-refractivity contribution is 6.02. The Bertz CT molecular complexity index is 557. The van der Waals surface area contributed by atoms with Gasteiger partial charge in [0.1, 0.15) is 0 Å². The van der Waals surface area contributed by atoms with Gasteiger partial charge in [0.25, 0.3) is 0 Å². The third-order valence-corrected chi connectivity index (χ3v) is 3.55. The lowest BCUT2D eigenvalue weighted by atomic mass is 10.1. The van der Waals surface area contributed by atoms with Crippen molar-refractivity contribution in [1.29, 1.82) is 0 Å². The third-order valence-electron chi connectivity index (χ3n) is 3.55. The van der Waals surface area contributed by atoms with E-state index < -0.39 is 5.97 Å². The van der Waals surface area contributed by atoms with Gasteiger partial charge in [-0.2, -0.15) is 0 Å². The first-order valence-electron chi connectivity index (χ1n) is 7.05. The van der Waals surface area contributed by atoms with Gasteiger partial charge < -0.3 is 9.67 Å². The predicted molar refractivity (Wildman–Crippen MR) is 77.7 cm³/mol. The molecule has 3 heteroatoms. The Morgan fingerprint density at radius 2 is 1.95 bits per heavy atom. The Balaban J connectivity index is 2.08. The fraction of sp³-hybridized carbons (Fsp3) is 0.438. The van der Waals surface area contributed by atoms with Gasteiger partial charge in [-0.1, -0.05) is 38.7 Å². The molecule has 1 N–H and O–H groups in total. The van der Waals surface area contributed by atoms with Crippen molar-refractivity contribution in [2.45, 2.75) is 45.6 Å². The fourth-order valence-electron chi connectivity index (χ4n) is 2.49. The molecule has 0 radical (unpaired) electrons. The van der Waals surface area contributed by atoms with Crippen LogP contribution in [0.1, 0.15) is 49.4 Å². The number of carbonyl (C=O) groups is 1. The minimum Gasteiger partial charge on any atom is -0.478 e. The van der Waals surface area contributed by atoms with E-state index in [1.807, 2.05) is 24.4 Å². The van der Waals surface area contributed by atoms with Crippen LogP contribution >= 0.6 is 0 Å². The summed E-state index contributed by atoms with van der Waals surface area (Å²) in [5.41, 5.74) is 1.41. The number of aromatic carboxylic acids is 1. The SMILES string of the molecule is CCCCCCCn1ccc2c(C(=O)O)cccc21. The summed E-state index contributed by atoms with van der Waals surface area (Å²) in [6.07, 6.45) is 8.24. The van der Waals surface area contributed by atoms with E-state index in [2.05, 4.69) is 11.5 Å². The van der Waals surface area contributed by atoms with Crippen LogP contribution in [0.2, 0.25) is 0 Å². The van der Waals surface area contributed by atoms with E-state index >= 15 is 0 Å². The molecule has 19 heavy (non-hydrogen) atoms. The molecule has 0 aliphatic heterocycles. The molecule has 0 atom stereocenters. The summed E-state index contributed by atoms with van der Waals surface area (Å²) in [5, 5.41) is 9.99. The summed E-state index contributed by atoms with van der Waals surface area (Å²) in [6.45, 7) is 3.18. The van der Waals surface area contributed by atoms with Crippen molar-refractivity contribution in [3.8, 4) is 0 Å². The number of hydrogen-bond donors (Lipinski definition) is 1. The Morgan fingerprint density at radius 3 is 2.68 bits per heavy atom. The van der Waals surface area contributed by atoms with Crippen LogP contribution < -0.4 is 0 Å². The number of aromatic nitrogens is 1. The molecule has 3 nitrogen and oxygen atoms in total. The number of carboxylic acid groups (broad SMARTS) is 1. The summed E-state index contributed by atoms with van der Waals surface area (Å²) >= 11 is 0. The van der Waals surface area contributed by atoms with Crippen LogP contribution in [0.3, 0.4) is 0 Å². The van der Waals surface area contributed by atoms with E-state index in [4.69, 9.17) is 5.11 Å². The number of rotatable bonds is 7. The molecule has 0 saturated heterocycles. The van der Waals surface area contributed by atoms with Crippen LogP contribution in [-0.2, 0) is 6.54 Å². The molecule has 1 aromatic heterocycles. The molecule has 2 aromatic rings. The summed E-state index contributed by atoms with van der Waals surface area (Å²) < 4.78 is 2.16. The lowest BCUT2D eigenvalue weighted by Crippen LogP contribution is -1.99. The topological polar surface area (TPSA) is 42.2 Å². The van der Waals surface area contributed by atoms with Crippen LogP contribution in [0, 0.1) is 0 Å². The molecule has 0 spiro atoms. The number of aryl methyl sites for hydroxylation is 1. The smallest absolute Gasteiger partial charge is 0.336 e. The second-order valence-corrected chi connectivity index (χ2v) is 4.97. The van der Waals surface area contributed by atoms with Crippen LogP contribution in [0.15, 0.2) is 30.5 Å². The molecule has 0 saturated carbocycles. The first-order chi connectivity index (χ1) is 9.24. The van der Waals surface area contributed by atoms with Gasteiger partial charge in [0, 0.05) is 23.6 Å². The van der Waals surface area contributed by atoms with E-state index in [0.717, 1.165) is 23.9 Å².